The Labute approximate surface area is 325 Å². The van der Waals surface area contributed by atoms with Crippen LogP contribution < -0.4 is 0 Å². The van der Waals surface area contributed by atoms with E-state index in [1.165, 1.54) is 205 Å². The van der Waals surface area contributed by atoms with Crippen molar-refractivity contribution < 1.29 is 19.1 Å². The first kappa shape index (κ1) is 49.0. The molecule has 0 N–H and O–H groups in total. The molecule has 1 saturated carbocycles. The molecule has 0 heterocycles. The number of unbranched alkanes of at least 4 members (excludes halogenated alkanes) is 34. The summed E-state index contributed by atoms with van der Waals surface area (Å²) in [4.78, 5) is 26.4. The van der Waals surface area contributed by atoms with Crippen molar-refractivity contribution in [1.82, 2.24) is 0 Å². The van der Waals surface area contributed by atoms with Gasteiger partial charge in [0, 0.05) is 0 Å². The molecule has 52 heavy (non-hydrogen) atoms. The molecule has 0 unspecified atom stereocenters. The van der Waals surface area contributed by atoms with Crippen molar-refractivity contribution in [2.45, 2.75) is 277 Å². The van der Waals surface area contributed by atoms with Crippen molar-refractivity contribution in [3.05, 3.63) is 0 Å². The maximum absolute atomic E-state index is 13.2. The lowest BCUT2D eigenvalue weighted by molar-refractivity contribution is -0.175. The van der Waals surface area contributed by atoms with Gasteiger partial charge in [-0.3, -0.25) is 9.59 Å². The van der Waals surface area contributed by atoms with Gasteiger partial charge in [0.2, 0.25) is 0 Å². The van der Waals surface area contributed by atoms with Crippen LogP contribution in [0.1, 0.15) is 277 Å². The molecule has 1 rings (SSSR count). The summed E-state index contributed by atoms with van der Waals surface area (Å²) >= 11 is 0. The monoisotopic (exact) mass is 733 g/mol. The Morgan fingerprint density at radius 2 is 0.538 bits per heavy atom. The maximum atomic E-state index is 13.2. The molecule has 4 heteroatoms. The van der Waals surface area contributed by atoms with E-state index in [1.54, 1.807) is 0 Å². The van der Waals surface area contributed by atoms with Crippen LogP contribution in [0.3, 0.4) is 0 Å². The fourth-order valence-corrected chi connectivity index (χ4v) is 8.26. The molecule has 0 aromatic carbocycles. The third-order valence-electron chi connectivity index (χ3n) is 12.0. The predicted octanol–water partition coefficient (Wildman–Crippen LogP) is 16.1. The normalized spacial score (nSPS) is 14.1. The minimum Gasteiger partial charge on any atom is -0.465 e. The highest BCUT2D eigenvalue weighted by Gasteiger charge is 2.49. The van der Waals surface area contributed by atoms with Crippen LogP contribution in [0.4, 0.5) is 0 Å². The fraction of sp³-hybridized carbons (Fsp3) is 0.958. The van der Waals surface area contributed by atoms with E-state index in [4.69, 9.17) is 9.47 Å². The number of carbonyl (C=O) groups excluding carboxylic acids is 2. The quantitative estimate of drug-likeness (QED) is 0.0357. The predicted molar refractivity (Wildman–Crippen MR) is 225 cm³/mol. The van der Waals surface area contributed by atoms with Gasteiger partial charge in [-0.2, -0.15) is 0 Å². The van der Waals surface area contributed by atoms with Gasteiger partial charge in [-0.05, 0) is 25.7 Å². The summed E-state index contributed by atoms with van der Waals surface area (Å²) in [5.74, 6) is -0.635. The molecule has 0 saturated heterocycles. The van der Waals surface area contributed by atoms with E-state index in [0.29, 0.717) is 26.1 Å². The molecule has 1 aliphatic carbocycles. The van der Waals surface area contributed by atoms with Crippen molar-refractivity contribution in [2.24, 2.45) is 5.41 Å². The average Bonchev–Trinajstić information content (AvgIpc) is 3.16. The molecule has 0 aromatic heterocycles. The third kappa shape index (κ3) is 28.4. The Hall–Kier alpha value is -1.06. The zero-order chi connectivity index (χ0) is 37.5. The highest BCUT2D eigenvalue weighted by Crippen LogP contribution is 2.39. The lowest BCUT2D eigenvalue weighted by atomic mass is 9.74. The Morgan fingerprint density at radius 3 is 0.769 bits per heavy atom. The van der Waals surface area contributed by atoms with Gasteiger partial charge in [0.25, 0.3) is 0 Å². The highest BCUT2D eigenvalue weighted by atomic mass is 16.6. The minimum absolute atomic E-state index is 0.318. The van der Waals surface area contributed by atoms with Crippen molar-refractivity contribution in [1.29, 1.82) is 0 Å². The lowest BCUT2D eigenvalue weighted by Crippen LogP contribution is -2.43. The molecular weight excluding hydrogens is 641 g/mol. The summed E-state index contributed by atoms with van der Waals surface area (Å²) in [6.45, 7) is 5.45. The van der Waals surface area contributed by atoms with Crippen LogP contribution in [0.15, 0.2) is 0 Å². The van der Waals surface area contributed by atoms with Gasteiger partial charge in [0.1, 0.15) is 0 Å². The number of esters is 2. The topological polar surface area (TPSA) is 52.6 Å². The Balaban J connectivity index is 1.97. The number of ether oxygens (including phenoxy) is 2. The van der Waals surface area contributed by atoms with Crippen molar-refractivity contribution >= 4 is 11.9 Å². The number of hydrogen-bond donors (Lipinski definition) is 0. The highest BCUT2D eigenvalue weighted by molar-refractivity contribution is 6.00. The smallest absolute Gasteiger partial charge is 0.323 e. The van der Waals surface area contributed by atoms with E-state index in [2.05, 4.69) is 13.8 Å². The van der Waals surface area contributed by atoms with E-state index in [1.807, 2.05) is 0 Å². The molecule has 0 atom stereocenters. The zero-order valence-corrected chi connectivity index (χ0v) is 35.5. The van der Waals surface area contributed by atoms with Crippen molar-refractivity contribution in [3.8, 4) is 0 Å². The molecule has 0 bridgehead atoms. The first-order valence-electron chi connectivity index (χ1n) is 24.0. The molecule has 0 aromatic rings. The van der Waals surface area contributed by atoms with Crippen LogP contribution in [-0.2, 0) is 19.1 Å². The van der Waals surface area contributed by atoms with Crippen molar-refractivity contribution in [2.75, 3.05) is 13.2 Å². The van der Waals surface area contributed by atoms with Crippen LogP contribution in [0.5, 0.6) is 0 Å². The summed E-state index contributed by atoms with van der Waals surface area (Å²) < 4.78 is 11.5. The fourth-order valence-electron chi connectivity index (χ4n) is 8.26. The van der Waals surface area contributed by atoms with Crippen LogP contribution in [0.2, 0.25) is 0 Å². The molecule has 0 radical (unpaired) electrons. The summed E-state index contributed by atoms with van der Waals surface area (Å²) in [5, 5.41) is 0. The van der Waals surface area contributed by atoms with Gasteiger partial charge in [-0.15, -0.1) is 0 Å². The Morgan fingerprint density at radius 1 is 0.327 bits per heavy atom. The van der Waals surface area contributed by atoms with Crippen LogP contribution in [-0.4, -0.2) is 25.2 Å². The Kier molecular flexibility index (Phi) is 36.0. The third-order valence-corrected chi connectivity index (χ3v) is 12.0. The number of hydrogen-bond acceptors (Lipinski definition) is 4. The molecule has 1 aliphatic rings. The standard InChI is InChI=1S/C48H92O4/c1-3-5-7-9-11-13-15-17-19-21-23-25-27-29-31-33-35-40-44-51-46(49)48(42-38-37-39-43-48)47(50)52-45-41-36-34-32-30-28-26-24-22-20-18-16-14-12-10-8-6-4-2/h3-45H2,1-2H3. The summed E-state index contributed by atoms with van der Waals surface area (Å²) in [5.41, 5.74) is -1.05. The SMILES string of the molecule is CCCCCCCCCCCCCCCCCCCCOC(=O)C1(C(=O)OCCCCCCCCCCCCCCCCCCCC)CCCCC1. The molecule has 4 nitrogen and oxygen atoms in total. The largest absolute Gasteiger partial charge is 0.465 e. The van der Waals surface area contributed by atoms with Crippen molar-refractivity contribution in [3.63, 3.8) is 0 Å². The molecule has 0 amide bonds. The summed E-state index contributed by atoms with van der Waals surface area (Å²) in [6, 6.07) is 0. The second kappa shape index (κ2) is 38.2. The van der Waals surface area contributed by atoms with E-state index in [0.717, 1.165) is 44.9 Å². The maximum Gasteiger partial charge on any atom is 0.323 e. The van der Waals surface area contributed by atoms with Crippen LogP contribution >= 0.6 is 0 Å². The summed E-state index contributed by atoms with van der Waals surface area (Å²) in [6.07, 6.45) is 52.4. The molecular formula is C48H92O4. The van der Waals surface area contributed by atoms with Gasteiger partial charge in [-0.1, -0.05) is 251 Å². The van der Waals surface area contributed by atoms with Crippen LogP contribution in [0.25, 0.3) is 0 Å². The van der Waals surface area contributed by atoms with Gasteiger partial charge >= 0.3 is 11.9 Å². The van der Waals surface area contributed by atoms with Crippen LogP contribution in [0, 0.1) is 5.41 Å². The van der Waals surface area contributed by atoms with E-state index >= 15 is 0 Å². The lowest BCUT2D eigenvalue weighted by Gasteiger charge is -2.32. The van der Waals surface area contributed by atoms with E-state index < -0.39 is 5.41 Å². The zero-order valence-electron chi connectivity index (χ0n) is 35.5. The van der Waals surface area contributed by atoms with Gasteiger partial charge in [-0.25, -0.2) is 0 Å². The molecule has 308 valence electrons. The Bertz CT molecular complexity index is 701. The molecule has 1 fully saturated rings. The second-order valence-corrected chi connectivity index (χ2v) is 16.9. The summed E-state index contributed by atoms with van der Waals surface area (Å²) in [7, 11) is 0. The molecule has 0 aliphatic heterocycles. The molecule has 0 spiro atoms. The van der Waals surface area contributed by atoms with E-state index in [-0.39, 0.29) is 11.9 Å². The first-order valence-corrected chi connectivity index (χ1v) is 24.0. The average molecular weight is 733 g/mol. The number of carbonyl (C=O) groups is 2. The van der Waals surface area contributed by atoms with Gasteiger partial charge < -0.3 is 9.47 Å². The van der Waals surface area contributed by atoms with E-state index in [9.17, 15) is 9.59 Å². The number of rotatable bonds is 40. The first-order chi connectivity index (χ1) is 25.7. The van der Waals surface area contributed by atoms with Gasteiger partial charge in [0.15, 0.2) is 5.41 Å². The minimum atomic E-state index is -1.05. The second-order valence-electron chi connectivity index (χ2n) is 16.9. The van der Waals surface area contributed by atoms with Gasteiger partial charge in [0.05, 0.1) is 13.2 Å².